The van der Waals surface area contributed by atoms with Crippen LogP contribution in [0.1, 0.15) is 18.1 Å². The van der Waals surface area contributed by atoms with Gasteiger partial charge in [0.2, 0.25) is 0 Å². The predicted molar refractivity (Wildman–Crippen MR) is 81.1 cm³/mol. The number of rotatable bonds is 5. The molecule has 0 aliphatic rings. The second-order valence-electron chi connectivity index (χ2n) is 4.51. The Bertz CT molecular complexity index is 601. The molecule has 106 valence electrons. The molecule has 1 N–H and O–H groups in total. The first-order chi connectivity index (χ1) is 9.60. The fourth-order valence-electron chi connectivity index (χ4n) is 1.94. The van der Waals surface area contributed by atoms with E-state index in [1.165, 1.54) is 6.07 Å². The number of hydrogen-bond donors (Lipinski definition) is 1. The van der Waals surface area contributed by atoms with E-state index in [1.54, 1.807) is 6.07 Å². The van der Waals surface area contributed by atoms with Crippen LogP contribution in [0, 0.1) is 12.7 Å². The van der Waals surface area contributed by atoms with Crippen molar-refractivity contribution in [3.8, 4) is 5.75 Å². The van der Waals surface area contributed by atoms with Crippen LogP contribution in [-0.4, -0.2) is 6.61 Å². The molecule has 2 aromatic rings. The molecular weight excluding hydrogens is 277 g/mol. The van der Waals surface area contributed by atoms with E-state index in [4.69, 9.17) is 16.3 Å². The highest BCUT2D eigenvalue weighted by molar-refractivity contribution is 6.30. The van der Waals surface area contributed by atoms with E-state index in [2.05, 4.69) is 5.32 Å². The van der Waals surface area contributed by atoms with Gasteiger partial charge in [0, 0.05) is 12.2 Å². The average Bonchev–Trinajstić information content (AvgIpc) is 2.42. The molecule has 0 unspecified atom stereocenters. The van der Waals surface area contributed by atoms with Gasteiger partial charge in [-0.1, -0.05) is 17.7 Å². The van der Waals surface area contributed by atoms with E-state index in [1.807, 2.05) is 38.1 Å². The van der Waals surface area contributed by atoms with Crippen LogP contribution in [0.5, 0.6) is 5.75 Å². The highest BCUT2D eigenvalue weighted by atomic mass is 35.5. The van der Waals surface area contributed by atoms with Crippen LogP contribution >= 0.6 is 11.6 Å². The van der Waals surface area contributed by atoms with E-state index < -0.39 is 5.82 Å². The molecule has 0 heterocycles. The summed E-state index contributed by atoms with van der Waals surface area (Å²) in [6, 6.07) is 10.7. The van der Waals surface area contributed by atoms with Crippen molar-refractivity contribution in [1.82, 2.24) is 0 Å². The van der Waals surface area contributed by atoms with E-state index in [0.717, 1.165) is 22.6 Å². The molecule has 2 aromatic carbocycles. The Labute approximate surface area is 123 Å². The number of benzene rings is 2. The molecule has 2 rings (SSSR count). The second kappa shape index (κ2) is 6.62. The lowest BCUT2D eigenvalue weighted by Gasteiger charge is -2.12. The summed E-state index contributed by atoms with van der Waals surface area (Å²) in [7, 11) is 0. The lowest BCUT2D eigenvalue weighted by atomic mass is 10.1. The molecule has 0 atom stereocenters. The summed E-state index contributed by atoms with van der Waals surface area (Å²) in [6.07, 6.45) is 0. The van der Waals surface area contributed by atoms with Crippen molar-refractivity contribution in [3.05, 3.63) is 58.4 Å². The first-order valence-electron chi connectivity index (χ1n) is 6.51. The normalized spacial score (nSPS) is 10.4. The zero-order valence-electron chi connectivity index (χ0n) is 11.5. The summed E-state index contributed by atoms with van der Waals surface area (Å²) in [5, 5.41) is 3.42. The summed E-state index contributed by atoms with van der Waals surface area (Å²) in [5.74, 6) is 0.461. The van der Waals surface area contributed by atoms with Crippen molar-refractivity contribution in [2.75, 3.05) is 11.9 Å². The van der Waals surface area contributed by atoms with E-state index in [-0.39, 0.29) is 5.02 Å². The fourth-order valence-corrected chi connectivity index (χ4v) is 2.06. The third-order valence-corrected chi connectivity index (χ3v) is 3.28. The van der Waals surface area contributed by atoms with Gasteiger partial charge in [-0.2, -0.15) is 0 Å². The zero-order chi connectivity index (χ0) is 14.5. The molecule has 0 bridgehead atoms. The topological polar surface area (TPSA) is 21.3 Å². The number of anilines is 1. The van der Waals surface area contributed by atoms with Gasteiger partial charge in [0.25, 0.3) is 0 Å². The molecular formula is C16H17ClFNO. The lowest BCUT2D eigenvalue weighted by molar-refractivity contribution is 0.340. The maximum absolute atomic E-state index is 13.3. The van der Waals surface area contributed by atoms with Crippen molar-refractivity contribution in [2.45, 2.75) is 20.4 Å². The van der Waals surface area contributed by atoms with Crippen LogP contribution in [0.4, 0.5) is 10.1 Å². The summed E-state index contributed by atoms with van der Waals surface area (Å²) >= 11 is 5.66. The number of hydrogen-bond acceptors (Lipinski definition) is 2. The van der Waals surface area contributed by atoms with Gasteiger partial charge < -0.3 is 10.1 Å². The van der Waals surface area contributed by atoms with Crippen LogP contribution in [0.2, 0.25) is 5.02 Å². The van der Waals surface area contributed by atoms with Gasteiger partial charge in [0.1, 0.15) is 11.6 Å². The Morgan fingerprint density at radius 3 is 2.65 bits per heavy atom. The Kier molecular flexibility index (Phi) is 4.85. The average molecular weight is 294 g/mol. The number of halogens is 2. The van der Waals surface area contributed by atoms with Gasteiger partial charge in [-0.25, -0.2) is 4.39 Å². The van der Waals surface area contributed by atoms with Gasteiger partial charge in [-0.3, -0.25) is 0 Å². The first-order valence-corrected chi connectivity index (χ1v) is 6.89. The molecule has 0 fully saturated rings. The molecule has 4 heteroatoms. The molecule has 0 aliphatic carbocycles. The maximum atomic E-state index is 13.3. The molecule has 0 saturated heterocycles. The van der Waals surface area contributed by atoms with E-state index in [9.17, 15) is 4.39 Å². The van der Waals surface area contributed by atoms with Crippen LogP contribution in [-0.2, 0) is 6.54 Å². The SMILES string of the molecule is CCOc1ccc(NCc2ccc(Cl)c(F)c2)c(C)c1. The quantitative estimate of drug-likeness (QED) is 0.855. The van der Waals surface area contributed by atoms with E-state index in [0.29, 0.717) is 13.2 Å². The van der Waals surface area contributed by atoms with Gasteiger partial charge in [-0.05, 0) is 55.3 Å². The Hall–Kier alpha value is -1.74. The van der Waals surface area contributed by atoms with Gasteiger partial charge in [0.05, 0.1) is 11.6 Å². The summed E-state index contributed by atoms with van der Waals surface area (Å²) in [4.78, 5) is 0. The monoisotopic (exact) mass is 293 g/mol. The van der Waals surface area contributed by atoms with Crippen molar-refractivity contribution >= 4 is 17.3 Å². The van der Waals surface area contributed by atoms with E-state index >= 15 is 0 Å². The highest BCUT2D eigenvalue weighted by Crippen LogP contribution is 2.22. The Balaban J connectivity index is 2.05. The third kappa shape index (κ3) is 3.64. The number of aryl methyl sites for hydroxylation is 1. The van der Waals surface area contributed by atoms with Gasteiger partial charge in [-0.15, -0.1) is 0 Å². The van der Waals surface area contributed by atoms with Crippen LogP contribution in [0.3, 0.4) is 0 Å². The predicted octanol–water partition coefficient (Wildman–Crippen LogP) is 4.80. The minimum atomic E-state index is -0.394. The molecule has 0 aromatic heterocycles. The minimum absolute atomic E-state index is 0.144. The molecule has 0 spiro atoms. The fraction of sp³-hybridized carbons (Fsp3) is 0.250. The van der Waals surface area contributed by atoms with Crippen LogP contribution in [0.15, 0.2) is 36.4 Å². The summed E-state index contributed by atoms with van der Waals surface area (Å²) in [5.41, 5.74) is 2.94. The van der Waals surface area contributed by atoms with Crippen molar-refractivity contribution in [1.29, 1.82) is 0 Å². The molecule has 0 aliphatic heterocycles. The molecule has 0 amide bonds. The van der Waals surface area contributed by atoms with Crippen LogP contribution in [0.25, 0.3) is 0 Å². The molecule has 2 nitrogen and oxygen atoms in total. The molecule has 20 heavy (non-hydrogen) atoms. The first kappa shape index (κ1) is 14.7. The highest BCUT2D eigenvalue weighted by Gasteiger charge is 2.03. The second-order valence-corrected chi connectivity index (χ2v) is 4.92. The summed E-state index contributed by atoms with van der Waals surface area (Å²) < 4.78 is 18.8. The Morgan fingerprint density at radius 1 is 1.20 bits per heavy atom. The number of ether oxygens (including phenoxy) is 1. The van der Waals surface area contributed by atoms with Gasteiger partial charge >= 0.3 is 0 Å². The van der Waals surface area contributed by atoms with Crippen LogP contribution < -0.4 is 10.1 Å². The minimum Gasteiger partial charge on any atom is -0.494 e. The lowest BCUT2D eigenvalue weighted by Crippen LogP contribution is -2.02. The number of nitrogens with one attached hydrogen (secondary N) is 1. The third-order valence-electron chi connectivity index (χ3n) is 2.98. The molecule has 0 radical (unpaired) electrons. The van der Waals surface area contributed by atoms with Crippen molar-refractivity contribution in [3.63, 3.8) is 0 Å². The largest absolute Gasteiger partial charge is 0.494 e. The molecule has 0 saturated carbocycles. The maximum Gasteiger partial charge on any atom is 0.142 e. The van der Waals surface area contributed by atoms with Crippen molar-refractivity contribution < 1.29 is 9.13 Å². The van der Waals surface area contributed by atoms with Gasteiger partial charge in [0.15, 0.2) is 0 Å². The Morgan fingerprint density at radius 2 is 2.00 bits per heavy atom. The smallest absolute Gasteiger partial charge is 0.142 e. The standard InChI is InChI=1S/C16H17ClFNO/c1-3-20-13-5-7-16(11(2)8-13)19-10-12-4-6-14(17)15(18)9-12/h4-9,19H,3,10H2,1-2H3. The zero-order valence-corrected chi connectivity index (χ0v) is 12.3. The van der Waals surface area contributed by atoms with Crippen molar-refractivity contribution in [2.24, 2.45) is 0 Å². The summed E-state index contributed by atoms with van der Waals surface area (Å²) in [6.45, 7) is 5.16.